The Morgan fingerprint density at radius 3 is 2.46 bits per heavy atom. The summed E-state index contributed by atoms with van der Waals surface area (Å²) in [5.74, 6) is -1.83. The summed E-state index contributed by atoms with van der Waals surface area (Å²) < 4.78 is 85.0. The van der Waals surface area contributed by atoms with Crippen LogP contribution in [0.1, 0.15) is 54.0 Å². The van der Waals surface area contributed by atoms with Crippen molar-refractivity contribution in [1.82, 2.24) is 20.6 Å². The number of amides is 2. The van der Waals surface area contributed by atoms with Gasteiger partial charge in [0.25, 0.3) is 18.2 Å². The number of alkyl halides is 6. The van der Waals surface area contributed by atoms with Gasteiger partial charge in [0.05, 0.1) is 16.8 Å². The van der Waals surface area contributed by atoms with Crippen molar-refractivity contribution in [3.05, 3.63) is 81.3 Å². The van der Waals surface area contributed by atoms with E-state index in [1.807, 2.05) is 0 Å². The summed E-state index contributed by atoms with van der Waals surface area (Å²) in [5, 5.41) is 4.81. The van der Waals surface area contributed by atoms with Gasteiger partial charge in [-0.05, 0) is 38.0 Å². The molecule has 0 spiro atoms. The van der Waals surface area contributed by atoms with Gasteiger partial charge in [0.1, 0.15) is 5.69 Å². The number of hydrogen-bond donors (Lipinski definition) is 2. The van der Waals surface area contributed by atoms with Gasteiger partial charge in [-0.2, -0.15) is 13.2 Å². The monoisotopic (exact) mass is 552 g/mol. The number of halogens is 6. The number of hydrogen-bond acceptors (Lipinski definition) is 5. The zero-order valence-corrected chi connectivity index (χ0v) is 20.6. The molecule has 0 saturated heterocycles. The second kappa shape index (κ2) is 10.5. The number of pyridine rings is 1. The number of allylic oxidation sites excluding steroid dienone is 6. The fourth-order valence-electron chi connectivity index (χ4n) is 3.73. The van der Waals surface area contributed by atoms with Gasteiger partial charge in [0.15, 0.2) is 11.1 Å². The molecule has 2 heterocycles. The summed E-state index contributed by atoms with van der Waals surface area (Å²) in [6.07, 6.45) is -0.0803. The van der Waals surface area contributed by atoms with E-state index in [4.69, 9.17) is 4.42 Å². The van der Waals surface area contributed by atoms with Gasteiger partial charge in [-0.1, -0.05) is 18.2 Å². The molecule has 0 aromatic carbocycles. The first-order valence-electron chi connectivity index (χ1n) is 11.6. The van der Waals surface area contributed by atoms with E-state index in [-0.39, 0.29) is 41.6 Å². The van der Waals surface area contributed by atoms with E-state index in [9.17, 15) is 35.9 Å². The summed E-state index contributed by atoms with van der Waals surface area (Å²) >= 11 is 0. The van der Waals surface area contributed by atoms with Crippen LogP contribution in [0.25, 0.3) is 11.6 Å². The van der Waals surface area contributed by atoms with Gasteiger partial charge in [-0.3, -0.25) is 14.6 Å². The van der Waals surface area contributed by atoms with Crippen molar-refractivity contribution in [2.45, 2.75) is 51.5 Å². The molecule has 0 radical (unpaired) electrons. The largest absolute Gasteiger partial charge is 0.437 e. The van der Waals surface area contributed by atoms with Crippen LogP contribution in [0.4, 0.5) is 26.3 Å². The van der Waals surface area contributed by atoms with Crippen molar-refractivity contribution in [3.8, 4) is 0 Å². The molecule has 206 valence electrons. The second-order valence-electron chi connectivity index (χ2n) is 9.24. The highest BCUT2D eigenvalue weighted by Gasteiger charge is 2.32. The summed E-state index contributed by atoms with van der Waals surface area (Å²) in [6, 6.07) is 1.13. The van der Waals surface area contributed by atoms with E-state index in [1.165, 1.54) is 12.2 Å². The van der Waals surface area contributed by atoms with Crippen molar-refractivity contribution in [1.29, 1.82) is 0 Å². The highest BCUT2D eigenvalue weighted by Crippen LogP contribution is 2.30. The Kier molecular flexibility index (Phi) is 7.53. The maximum atomic E-state index is 13.7. The van der Waals surface area contributed by atoms with E-state index in [2.05, 4.69) is 20.6 Å². The molecule has 4 rings (SSSR count). The Morgan fingerprint density at radius 1 is 1.10 bits per heavy atom. The van der Waals surface area contributed by atoms with Gasteiger partial charge in [0.2, 0.25) is 5.55 Å². The molecule has 0 unspecified atom stereocenters. The molecular weight excluding hydrogens is 530 g/mol. The number of nitrogens with one attached hydrogen (secondary N) is 2. The van der Waals surface area contributed by atoms with Crippen molar-refractivity contribution >= 4 is 23.5 Å². The van der Waals surface area contributed by atoms with Crippen molar-refractivity contribution < 1.29 is 40.3 Å². The quantitative estimate of drug-likeness (QED) is 0.534. The van der Waals surface area contributed by atoms with Crippen LogP contribution in [0.15, 0.2) is 52.3 Å². The average Bonchev–Trinajstić information content (AvgIpc) is 3.29. The van der Waals surface area contributed by atoms with Crippen LogP contribution in [0.2, 0.25) is 0 Å². The number of nitrogens with zero attached hydrogens (tertiary/aromatic N) is 2. The Morgan fingerprint density at radius 2 is 1.85 bits per heavy atom. The molecule has 7 nitrogen and oxygen atoms in total. The Hall–Kier alpha value is -4.16. The van der Waals surface area contributed by atoms with Crippen LogP contribution in [0.3, 0.4) is 0 Å². The highest BCUT2D eigenvalue weighted by atomic mass is 19.4. The molecule has 0 fully saturated rings. The standard InChI is InChI=1S/C26H22F6N4O3/c1-25(2,29)24(38)34-12-13-9-17(20(21(27)28)33-11-13)22(37)35-16-7-8-18-19(10-16)39-23(36-18)14-3-5-15(6-4-14)26(30,31)32/h3,5-7,9-11,21H,4,8,12H2,1-2H3,(H,34,38)(H,35,37). The maximum absolute atomic E-state index is 13.7. The van der Waals surface area contributed by atoms with Gasteiger partial charge in [-0.15, -0.1) is 0 Å². The van der Waals surface area contributed by atoms with E-state index in [0.717, 1.165) is 38.3 Å². The molecule has 2 aliphatic carbocycles. The lowest BCUT2D eigenvalue weighted by Crippen LogP contribution is -2.38. The minimum atomic E-state index is -4.46. The van der Waals surface area contributed by atoms with Gasteiger partial charge in [0, 0.05) is 36.5 Å². The van der Waals surface area contributed by atoms with Crippen LogP contribution in [0.5, 0.6) is 0 Å². The Bertz CT molecular complexity index is 1530. The first-order chi connectivity index (χ1) is 18.2. The normalized spacial score (nSPS) is 16.7. The van der Waals surface area contributed by atoms with E-state index in [1.54, 1.807) is 6.08 Å². The first-order valence-corrected chi connectivity index (χ1v) is 11.6. The third kappa shape index (κ3) is 6.47. The number of fused-ring (bicyclic) bond motifs is 1. The summed E-state index contributed by atoms with van der Waals surface area (Å²) in [7, 11) is 0. The number of aromatic nitrogens is 2. The molecule has 0 bridgehead atoms. The number of carbonyl (C=O) groups is 2. The predicted molar refractivity (Wildman–Crippen MR) is 127 cm³/mol. The minimum Gasteiger partial charge on any atom is -0.437 e. The highest BCUT2D eigenvalue weighted by molar-refractivity contribution is 5.97. The fourth-order valence-corrected chi connectivity index (χ4v) is 3.73. The van der Waals surface area contributed by atoms with Crippen LogP contribution < -0.4 is 21.6 Å². The van der Waals surface area contributed by atoms with Crippen molar-refractivity contribution in [2.75, 3.05) is 0 Å². The molecule has 2 N–H and O–H groups in total. The number of carbonyl (C=O) groups excluding carboxylic acids is 2. The molecule has 0 atom stereocenters. The molecule has 0 aliphatic heterocycles. The SMILES string of the molecule is CC(C)(F)C(=O)NCc1cnc(C(F)F)c(C(=O)NC2=CCc3nc(=C4C=CC(C(F)(F)F)=CC4)oc3=C2)c1. The second-order valence-corrected chi connectivity index (χ2v) is 9.24. The average molecular weight is 552 g/mol. The number of oxazole rings is 1. The zero-order chi connectivity index (χ0) is 28.5. The van der Waals surface area contributed by atoms with Crippen molar-refractivity contribution in [2.24, 2.45) is 0 Å². The molecule has 2 amide bonds. The van der Waals surface area contributed by atoms with Crippen molar-refractivity contribution in [3.63, 3.8) is 0 Å². The lowest BCUT2D eigenvalue weighted by molar-refractivity contribution is -0.130. The van der Waals surface area contributed by atoms with E-state index >= 15 is 0 Å². The third-order valence-corrected chi connectivity index (χ3v) is 5.81. The molecule has 2 aromatic heterocycles. The topological polar surface area (TPSA) is 97.1 Å². The van der Waals surface area contributed by atoms with Gasteiger partial charge >= 0.3 is 6.18 Å². The van der Waals surface area contributed by atoms with E-state index < -0.39 is 46.9 Å². The van der Waals surface area contributed by atoms with Crippen LogP contribution in [-0.4, -0.2) is 33.6 Å². The maximum Gasteiger partial charge on any atom is 0.416 e. The Balaban J connectivity index is 1.53. The molecule has 0 saturated carbocycles. The summed E-state index contributed by atoms with van der Waals surface area (Å²) in [5.41, 5.74) is -2.42. The molecule has 13 heteroatoms. The lowest BCUT2D eigenvalue weighted by atomic mass is 10.0. The van der Waals surface area contributed by atoms with Crippen LogP contribution >= 0.6 is 0 Å². The van der Waals surface area contributed by atoms with Crippen LogP contribution in [-0.2, 0) is 17.8 Å². The Labute approximate surface area is 217 Å². The van der Waals surface area contributed by atoms with E-state index in [0.29, 0.717) is 11.3 Å². The van der Waals surface area contributed by atoms with Crippen LogP contribution in [0, 0.1) is 0 Å². The number of rotatable bonds is 6. The lowest BCUT2D eigenvalue weighted by Gasteiger charge is -2.15. The molecule has 2 aromatic rings. The molecule has 2 aliphatic rings. The first kappa shape index (κ1) is 27.9. The minimum absolute atomic E-state index is 0.0369. The summed E-state index contributed by atoms with van der Waals surface area (Å²) in [6.45, 7) is 1.87. The van der Waals surface area contributed by atoms with Gasteiger partial charge in [-0.25, -0.2) is 18.2 Å². The van der Waals surface area contributed by atoms with Gasteiger partial charge < -0.3 is 15.1 Å². The third-order valence-electron chi connectivity index (χ3n) is 5.81. The zero-order valence-electron chi connectivity index (χ0n) is 20.6. The fraction of sp³-hybridized carbons (Fsp3) is 0.308. The predicted octanol–water partition coefficient (Wildman–Crippen LogP) is 3.62. The molecular formula is C26H22F6N4O3. The summed E-state index contributed by atoms with van der Waals surface area (Å²) in [4.78, 5) is 32.6. The smallest absolute Gasteiger partial charge is 0.416 e. The molecule has 39 heavy (non-hydrogen) atoms.